The van der Waals surface area contributed by atoms with E-state index < -0.39 is 0 Å². The van der Waals surface area contributed by atoms with Crippen molar-refractivity contribution in [2.24, 2.45) is 11.8 Å². The second-order valence-corrected chi connectivity index (χ2v) is 5.88. The van der Waals surface area contributed by atoms with Gasteiger partial charge in [0.25, 0.3) is 0 Å². The smallest absolute Gasteiger partial charge is 0.0998 e. The molecule has 0 unspecified atom stereocenters. The van der Waals surface area contributed by atoms with E-state index in [1.54, 1.807) is 6.07 Å². The van der Waals surface area contributed by atoms with Crippen LogP contribution in [-0.2, 0) is 0 Å². The number of nitriles is 2. The van der Waals surface area contributed by atoms with Crippen LogP contribution in [0.15, 0.2) is 18.2 Å². The molecule has 1 fully saturated rings. The summed E-state index contributed by atoms with van der Waals surface area (Å²) in [6.45, 7) is 2.24. The topological polar surface area (TPSA) is 47.6 Å². The molecular weight excluding hydrogens is 244 g/mol. The largest absolute Gasteiger partial charge is 0.192 e. The summed E-state index contributed by atoms with van der Waals surface area (Å²) in [5, 5.41) is 18.7. The summed E-state index contributed by atoms with van der Waals surface area (Å²) in [5.74, 6) is 1.74. The summed E-state index contributed by atoms with van der Waals surface area (Å²) < 4.78 is 0. The zero-order valence-electron chi connectivity index (χ0n) is 11.8. The van der Waals surface area contributed by atoms with Gasteiger partial charge in [-0.05, 0) is 53.9 Å². The molecule has 1 aromatic carbocycles. The molecule has 0 saturated heterocycles. The van der Waals surface area contributed by atoms with Gasteiger partial charge in [-0.1, -0.05) is 31.9 Å². The van der Waals surface area contributed by atoms with Crippen LogP contribution in [0.1, 0.15) is 60.8 Å². The molecule has 100 valence electrons. The lowest BCUT2D eigenvalue weighted by molar-refractivity contribution is 0.401. The van der Waals surface area contributed by atoms with Crippen LogP contribution < -0.4 is 0 Å². The fourth-order valence-corrected chi connectivity index (χ4v) is 4.06. The highest BCUT2D eigenvalue weighted by atomic mass is 14.4. The van der Waals surface area contributed by atoms with Gasteiger partial charge in [-0.3, -0.25) is 0 Å². The number of rotatable bonds is 2. The van der Waals surface area contributed by atoms with Gasteiger partial charge in [-0.2, -0.15) is 10.5 Å². The van der Waals surface area contributed by atoms with Gasteiger partial charge in [0.05, 0.1) is 23.3 Å². The fraction of sp³-hybridized carbons (Fsp3) is 0.444. The maximum absolute atomic E-state index is 9.39. The number of nitrogens with zero attached hydrogens (tertiary/aromatic N) is 2. The molecule has 0 radical (unpaired) electrons. The average Bonchev–Trinajstić information content (AvgIpc) is 2.89. The Bertz CT molecular complexity index is 643. The van der Waals surface area contributed by atoms with Crippen LogP contribution in [0.4, 0.5) is 0 Å². The Hall–Kier alpha value is -2.06. The molecule has 2 aliphatic carbocycles. The molecule has 0 aliphatic heterocycles. The van der Waals surface area contributed by atoms with E-state index in [0.29, 0.717) is 17.4 Å². The molecular formula is C18H18N2. The van der Waals surface area contributed by atoms with E-state index in [2.05, 4.69) is 31.2 Å². The molecule has 2 nitrogen and oxygen atoms in total. The molecule has 2 aliphatic rings. The van der Waals surface area contributed by atoms with Gasteiger partial charge in [-0.15, -0.1) is 0 Å². The average molecular weight is 262 g/mol. The first-order valence-corrected chi connectivity index (χ1v) is 7.45. The Labute approximate surface area is 120 Å². The van der Waals surface area contributed by atoms with E-state index in [-0.39, 0.29) is 0 Å². The van der Waals surface area contributed by atoms with Crippen molar-refractivity contribution in [3.05, 3.63) is 40.5 Å². The maximum atomic E-state index is 9.39. The number of allylic oxidation sites excluding steroid dienone is 1. The lowest BCUT2D eigenvalue weighted by atomic mass is 9.75. The number of fused-ring (bicyclic) bond motifs is 3. The molecule has 2 heteroatoms. The molecule has 1 aromatic rings. The summed E-state index contributed by atoms with van der Waals surface area (Å²) in [5.41, 5.74) is 3.59. The Kier molecular flexibility index (Phi) is 3.33. The zero-order chi connectivity index (χ0) is 14.1. The predicted molar refractivity (Wildman–Crippen MR) is 78.8 cm³/mol. The normalized spacial score (nSPS) is 26.4. The minimum absolute atomic E-state index is 0.439. The first-order chi connectivity index (χ1) is 9.80. The van der Waals surface area contributed by atoms with Gasteiger partial charge in [0.15, 0.2) is 0 Å². The minimum Gasteiger partial charge on any atom is -0.192 e. The Morgan fingerprint density at radius 3 is 2.60 bits per heavy atom. The second kappa shape index (κ2) is 5.14. The van der Waals surface area contributed by atoms with Gasteiger partial charge < -0.3 is 0 Å². The molecule has 3 atom stereocenters. The van der Waals surface area contributed by atoms with E-state index in [9.17, 15) is 10.5 Å². The lowest BCUT2D eigenvalue weighted by Gasteiger charge is -2.28. The molecule has 0 heterocycles. The monoisotopic (exact) mass is 262 g/mol. The molecule has 0 spiro atoms. The quantitative estimate of drug-likeness (QED) is 0.794. The summed E-state index contributed by atoms with van der Waals surface area (Å²) in [6, 6.07) is 8.18. The number of hydrogen-bond donors (Lipinski definition) is 0. The van der Waals surface area contributed by atoms with Crippen LogP contribution in [0.5, 0.6) is 0 Å². The number of benzene rings is 1. The molecule has 0 aromatic heterocycles. The Balaban J connectivity index is 2.10. The highest BCUT2D eigenvalue weighted by Gasteiger charge is 2.39. The first-order valence-electron chi connectivity index (χ1n) is 7.45. The second-order valence-electron chi connectivity index (χ2n) is 5.88. The Morgan fingerprint density at radius 2 is 1.90 bits per heavy atom. The van der Waals surface area contributed by atoms with Crippen molar-refractivity contribution in [2.45, 2.75) is 38.5 Å². The molecule has 0 amide bonds. The van der Waals surface area contributed by atoms with Gasteiger partial charge in [0, 0.05) is 0 Å². The molecule has 0 bridgehead atoms. The van der Waals surface area contributed by atoms with Crippen LogP contribution in [0.3, 0.4) is 0 Å². The van der Waals surface area contributed by atoms with Crippen LogP contribution in [0.2, 0.25) is 0 Å². The van der Waals surface area contributed by atoms with E-state index >= 15 is 0 Å². The van der Waals surface area contributed by atoms with Crippen molar-refractivity contribution in [2.75, 3.05) is 0 Å². The fourth-order valence-electron chi connectivity index (χ4n) is 4.06. The van der Waals surface area contributed by atoms with E-state index in [1.807, 2.05) is 6.07 Å². The van der Waals surface area contributed by atoms with Crippen molar-refractivity contribution < 1.29 is 0 Å². The van der Waals surface area contributed by atoms with Crippen molar-refractivity contribution in [1.82, 2.24) is 0 Å². The van der Waals surface area contributed by atoms with Gasteiger partial charge in [0.1, 0.15) is 0 Å². The van der Waals surface area contributed by atoms with Crippen LogP contribution in [0.25, 0.3) is 6.08 Å². The minimum atomic E-state index is 0.439. The van der Waals surface area contributed by atoms with E-state index in [4.69, 9.17) is 0 Å². The maximum Gasteiger partial charge on any atom is 0.0998 e. The predicted octanol–water partition coefficient (Wildman–Crippen LogP) is 4.37. The van der Waals surface area contributed by atoms with Gasteiger partial charge >= 0.3 is 0 Å². The summed E-state index contributed by atoms with van der Waals surface area (Å²) in [4.78, 5) is 0. The van der Waals surface area contributed by atoms with E-state index in [0.717, 1.165) is 29.0 Å². The summed E-state index contributed by atoms with van der Waals surface area (Å²) in [7, 11) is 0. The summed E-state index contributed by atoms with van der Waals surface area (Å²) >= 11 is 0. The molecule has 0 N–H and O–H groups in total. The standard InChI is InChI=1S/C18H18N2/c1-2-3-12-6-7-17-15(12)8-9-16-13(10-19)4-5-14(11-20)18(16)17/h4-5,8-9,12,15,17H,2-3,6-7H2,1H3/t12-,15+,17-/m1/s1. The third-order valence-corrected chi connectivity index (χ3v) is 4.90. The van der Waals surface area contributed by atoms with E-state index in [1.165, 1.54) is 19.3 Å². The van der Waals surface area contributed by atoms with Gasteiger partial charge in [0.2, 0.25) is 0 Å². The molecule has 3 rings (SSSR count). The lowest BCUT2D eigenvalue weighted by Crippen LogP contribution is -2.17. The van der Waals surface area contributed by atoms with Crippen molar-refractivity contribution in [3.63, 3.8) is 0 Å². The van der Waals surface area contributed by atoms with Crippen LogP contribution in [-0.4, -0.2) is 0 Å². The zero-order valence-corrected chi connectivity index (χ0v) is 11.8. The third kappa shape index (κ3) is 1.84. The highest BCUT2D eigenvalue weighted by Crippen LogP contribution is 2.51. The summed E-state index contributed by atoms with van der Waals surface area (Å²) in [6.07, 6.45) is 9.26. The van der Waals surface area contributed by atoms with Crippen molar-refractivity contribution >= 4 is 6.08 Å². The van der Waals surface area contributed by atoms with Crippen LogP contribution in [0, 0.1) is 34.5 Å². The first kappa shape index (κ1) is 12.9. The highest BCUT2D eigenvalue weighted by molar-refractivity contribution is 5.69. The van der Waals surface area contributed by atoms with Gasteiger partial charge in [-0.25, -0.2) is 0 Å². The Morgan fingerprint density at radius 1 is 1.15 bits per heavy atom. The third-order valence-electron chi connectivity index (χ3n) is 4.90. The molecule has 20 heavy (non-hydrogen) atoms. The van der Waals surface area contributed by atoms with Crippen LogP contribution >= 0.6 is 0 Å². The SMILES string of the molecule is CCC[C@@H]1CC[C@H]2c3c(C#N)ccc(C#N)c3C=C[C@@H]12. The number of hydrogen-bond acceptors (Lipinski definition) is 2. The van der Waals surface area contributed by atoms with Crippen molar-refractivity contribution in [1.29, 1.82) is 10.5 Å². The van der Waals surface area contributed by atoms with Crippen molar-refractivity contribution in [3.8, 4) is 12.1 Å². The molecule has 1 saturated carbocycles.